The van der Waals surface area contributed by atoms with Crippen LogP contribution in [0.5, 0.6) is 5.75 Å². The standard InChI is InChI=1S/C14H11ClN2O4/c15-8-4-5-11(13(19)20)12(6-8)17-14(21)16-9-2-1-3-10(18)7-9/h1-7,18H,(H,19,20)(H2,16,17,21). The fourth-order valence-electron chi connectivity index (χ4n) is 1.67. The van der Waals surface area contributed by atoms with Crippen LogP contribution in [-0.2, 0) is 0 Å². The monoisotopic (exact) mass is 306 g/mol. The number of anilines is 2. The van der Waals surface area contributed by atoms with E-state index in [0.717, 1.165) is 0 Å². The maximum atomic E-state index is 11.8. The molecule has 2 amide bonds. The third-order valence-corrected chi connectivity index (χ3v) is 2.80. The Labute approximate surface area is 125 Å². The number of carboxylic acids is 1. The van der Waals surface area contributed by atoms with E-state index in [2.05, 4.69) is 10.6 Å². The molecule has 4 N–H and O–H groups in total. The average Bonchev–Trinajstić information content (AvgIpc) is 2.38. The largest absolute Gasteiger partial charge is 0.508 e. The first-order chi connectivity index (χ1) is 9.95. The Hall–Kier alpha value is -2.73. The van der Waals surface area contributed by atoms with Gasteiger partial charge in [0.2, 0.25) is 0 Å². The van der Waals surface area contributed by atoms with Crippen LogP contribution in [0.25, 0.3) is 0 Å². The van der Waals surface area contributed by atoms with Crippen LogP contribution in [0.3, 0.4) is 0 Å². The Morgan fingerprint density at radius 3 is 2.48 bits per heavy atom. The van der Waals surface area contributed by atoms with Gasteiger partial charge in [0.15, 0.2) is 0 Å². The van der Waals surface area contributed by atoms with Crippen LogP contribution < -0.4 is 10.6 Å². The van der Waals surface area contributed by atoms with Gasteiger partial charge in [-0.2, -0.15) is 0 Å². The molecular weight excluding hydrogens is 296 g/mol. The summed E-state index contributed by atoms with van der Waals surface area (Å²) in [6, 6.07) is 9.37. The first-order valence-corrected chi connectivity index (χ1v) is 6.23. The molecule has 0 saturated heterocycles. The van der Waals surface area contributed by atoms with Crippen molar-refractivity contribution < 1.29 is 19.8 Å². The number of amides is 2. The van der Waals surface area contributed by atoms with E-state index in [4.69, 9.17) is 16.7 Å². The van der Waals surface area contributed by atoms with E-state index in [-0.39, 0.29) is 17.0 Å². The molecular formula is C14H11ClN2O4. The Kier molecular flexibility index (Phi) is 4.30. The second kappa shape index (κ2) is 6.15. The molecule has 0 heterocycles. The van der Waals surface area contributed by atoms with Crippen molar-refractivity contribution in [1.82, 2.24) is 0 Å². The van der Waals surface area contributed by atoms with Crippen LogP contribution in [0.4, 0.5) is 16.2 Å². The predicted molar refractivity (Wildman–Crippen MR) is 79.2 cm³/mol. The van der Waals surface area contributed by atoms with Gasteiger partial charge in [-0.15, -0.1) is 0 Å². The minimum absolute atomic E-state index is 0.00165. The summed E-state index contributed by atoms with van der Waals surface area (Å²) in [4.78, 5) is 22.9. The van der Waals surface area contributed by atoms with Crippen molar-refractivity contribution in [3.63, 3.8) is 0 Å². The zero-order valence-electron chi connectivity index (χ0n) is 10.6. The SMILES string of the molecule is O=C(Nc1cccc(O)c1)Nc1cc(Cl)ccc1C(=O)O. The molecule has 0 radical (unpaired) electrons. The first-order valence-electron chi connectivity index (χ1n) is 5.85. The number of urea groups is 1. The van der Waals surface area contributed by atoms with Crippen molar-refractivity contribution in [3.05, 3.63) is 53.1 Å². The van der Waals surface area contributed by atoms with Gasteiger partial charge in [-0.3, -0.25) is 0 Å². The molecule has 108 valence electrons. The van der Waals surface area contributed by atoms with Gasteiger partial charge in [0.05, 0.1) is 11.3 Å². The fraction of sp³-hybridized carbons (Fsp3) is 0. The number of aromatic hydroxyl groups is 1. The van der Waals surface area contributed by atoms with Gasteiger partial charge in [-0.1, -0.05) is 17.7 Å². The van der Waals surface area contributed by atoms with E-state index >= 15 is 0 Å². The highest BCUT2D eigenvalue weighted by atomic mass is 35.5. The number of hydrogen-bond acceptors (Lipinski definition) is 3. The number of nitrogens with one attached hydrogen (secondary N) is 2. The van der Waals surface area contributed by atoms with Gasteiger partial charge < -0.3 is 20.8 Å². The molecule has 0 unspecified atom stereocenters. The van der Waals surface area contributed by atoms with Crippen LogP contribution in [0.2, 0.25) is 5.02 Å². The van der Waals surface area contributed by atoms with Crippen LogP contribution in [0, 0.1) is 0 Å². The summed E-state index contributed by atoms with van der Waals surface area (Å²) < 4.78 is 0. The summed E-state index contributed by atoms with van der Waals surface area (Å²) in [5.41, 5.74) is 0.365. The molecule has 0 atom stereocenters. The molecule has 21 heavy (non-hydrogen) atoms. The topological polar surface area (TPSA) is 98.7 Å². The highest BCUT2D eigenvalue weighted by molar-refractivity contribution is 6.31. The number of rotatable bonds is 3. The summed E-state index contributed by atoms with van der Waals surface area (Å²) in [5.74, 6) is -1.18. The highest BCUT2D eigenvalue weighted by Crippen LogP contribution is 2.22. The van der Waals surface area contributed by atoms with Crippen LogP contribution >= 0.6 is 11.6 Å². The number of benzene rings is 2. The highest BCUT2D eigenvalue weighted by Gasteiger charge is 2.13. The zero-order chi connectivity index (χ0) is 15.4. The fourth-order valence-corrected chi connectivity index (χ4v) is 1.85. The normalized spacial score (nSPS) is 9.95. The molecule has 2 rings (SSSR count). The molecule has 0 saturated carbocycles. The molecule has 2 aromatic rings. The summed E-state index contributed by atoms with van der Waals surface area (Å²) in [6.45, 7) is 0. The maximum Gasteiger partial charge on any atom is 0.337 e. The summed E-state index contributed by atoms with van der Waals surface area (Å²) in [6.07, 6.45) is 0. The van der Waals surface area contributed by atoms with E-state index in [1.54, 1.807) is 12.1 Å². The molecule has 0 aromatic heterocycles. The Morgan fingerprint density at radius 2 is 1.81 bits per heavy atom. The van der Waals surface area contributed by atoms with Crippen molar-refractivity contribution >= 4 is 35.0 Å². The van der Waals surface area contributed by atoms with Crippen LogP contribution in [-0.4, -0.2) is 22.2 Å². The molecule has 6 nitrogen and oxygen atoms in total. The van der Waals surface area contributed by atoms with Crippen molar-refractivity contribution in [2.24, 2.45) is 0 Å². The Bertz CT molecular complexity index is 703. The first kappa shape index (κ1) is 14.7. The molecule has 0 aliphatic rings. The molecule has 0 aliphatic carbocycles. The third-order valence-electron chi connectivity index (χ3n) is 2.56. The van der Waals surface area contributed by atoms with E-state index in [0.29, 0.717) is 10.7 Å². The number of carbonyl (C=O) groups excluding carboxylic acids is 1. The van der Waals surface area contributed by atoms with Gasteiger partial charge >= 0.3 is 12.0 Å². The molecule has 0 spiro atoms. The maximum absolute atomic E-state index is 11.8. The van der Waals surface area contributed by atoms with Gasteiger partial charge in [0.1, 0.15) is 5.75 Å². The van der Waals surface area contributed by atoms with E-state index in [9.17, 15) is 14.7 Å². The second-order valence-electron chi connectivity index (χ2n) is 4.12. The van der Waals surface area contributed by atoms with Crippen LogP contribution in [0.1, 0.15) is 10.4 Å². The number of phenolic OH excluding ortho intramolecular Hbond substituents is 1. The van der Waals surface area contributed by atoms with Gasteiger partial charge in [-0.25, -0.2) is 9.59 Å². The smallest absolute Gasteiger partial charge is 0.337 e. The van der Waals surface area contributed by atoms with Crippen LogP contribution in [0.15, 0.2) is 42.5 Å². The number of carboxylic acid groups (broad SMARTS) is 1. The Balaban J connectivity index is 2.16. The van der Waals surface area contributed by atoms with Crippen molar-refractivity contribution in [2.75, 3.05) is 10.6 Å². The van der Waals surface area contributed by atoms with Gasteiger partial charge in [-0.05, 0) is 30.3 Å². The molecule has 2 aromatic carbocycles. The number of phenols is 1. The number of aromatic carboxylic acids is 1. The van der Waals surface area contributed by atoms with E-state index in [1.165, 1.54) is 30.3 Å². The lowest BCUT2D eigenvalue weighted by Crippen LogP contribution is -2.21. The minimum Gasteiger partial charge on any atom is -0.508 e. The molecule has 0 aliphatic heterocycles. The van der Waals surface area contributed by atoms with Crippen molar-refractivity contribution in [3.8, 4) is 5.75 Å². The van der Waals surface area contributed by atoms with Gasteiger partial charge in [0.25, 0.3) is 0 Å². The minimum atomic E-state index is -1.18. The lowest BCUT2D eigenvalue weighted by atomic mass is 10.2. The molecule has 0 fully saturated rings. The lowest BCUT2D eigenvalue weighted by molar-refractivity contribution is 0.0698. The Morgan fingerprint density at radius 1 is 1.05 bits per heavy atom. The average molecular weight is 307 g/mol. The summed E-state index contributed by atoms with van der Waals surface area (Å²) in [7, 11) is 0. The number of carbonyl (C=O) groups is 2. The van der Waals surface area contributed by atoms with E-state index < -0.39 is 12.0 Å². The second-order valence-corrected chi connectivity index (χ2v) is 4.56. The van der Waals surface area contributed by atoms with Gasteiger partial charge in [0, 0.05) is 16.8 Å². The summed E-state index contributed by atoms with van der Waals surface area (Å²) >= 11 is 5.79. The third kappa shape index (κ3) is 3.87. The summed E-state index contributed by atoms with van der Waals surface area (Å²) in [5, 5.41) is 23.5. The molecule has 0 bridgehead atoms. The van der Waals surface area contributed by atoms with Crippen molar-refractivity contribution in [1.29, 1.82) is 0 Å². The quantitative estimate of drug-likeness (QED) is 0.698. The van der Waals surface area contributed by atoms with E-state index in [1.807, 2.05) is 0 Å². The van der Waals surface area contributed by atoms with Crippen molar-refractivity contribution in [2.45, 2.75) is 0 Å². The predicted octanol–water partition coefficient (Wildman–Crippen LogP) is 3.39. The lowest BCUT2D eigenvalue weighted by Gasteiger charge is -2.10. The zero-order valence-corrected chi connectivity index (χ0v) is 11.4. The number of hydrogen-bond donors (Lipinski definition) is 4. The molecule has 7 heteroatoms. The number of halogens is 1.